The molecule has 4 N–H and O–H groups in total. The molecule has 1 aromatic rings. The summed E-state index contributed by atoms with van der Waals surface area (Å²) in [5, 5.41) is 9.12. The third-order valence-corrected chi connectivity index (χ3v) is 4.38. The fourth-order valence-electron chi connectivity index (χ4n) is 1.49. The fourth-order valence-corrected chi connectivity index (χ4v) is 2.77. The number of hydrogen-bond donors (Lipinski definition) is 3. The summed E-state index contributed by atoms with van der Waals surface area (Å²) in [5.74, 6) is 0. The Morgan fingerprint density at radius 3 is 2.47 bits per heavy atom. The van der Waals surface area contributed by atoms with E-state index in [9.17, 15) is 8.42 Å². The molecule has 0 heterocycles. The molecule has 5 nitrogen and oxygen atoms in total. The number of hydrogen-bond acceptors (Lipinski definition) is 4. The van der Waals surface area contributed by atoms with E-state index >= 15 is 0 Å². The average molecular weight is 286 g/mol. The van der Waals surface area contributed by atoms with Gasteiger partial charge in [0, 0.05) is 24.3 Å². The number of aliphatic hydroxyl groups excluding tert-OH is 1. The van der Waals surface area contributed by atoms with Crippen LogP contribution in [0.15, 0.2) is 23.1 Å². The van der Waals surface area contributed by atoms with Gasteiger partial charge in [0.2, 0.25) is 10.0 Å². The van der Waals surface area contributed by atoms with E-state index in [0.717, 1.165) is 12.0 Å². The van der Waals surface area contributed by atoms with E-state index in [0.29, 0.717) is 5.69 Å². The van der Waals surface area contributed by atoms with Crippen molar-refractivity contribution in [3.63, 3.8) is 0 Å². The fraction of sp³-hybridized carbons (Fsp3) is 0.538. The minimum atomic E-state index is -3.59. The highest BCUT2D eigenvalue weighted by molar-refractivity contribution is 7.89. The second-order valence-electron chi connectivity index (χ2n) is 5.36. The molecule has 19 heavy (non-hydrogen) atoms. The van der Waals surface area contributed by atoms with E-state index in [-0.39, 0.29) is 18.0 Å². The zero-order valence-electron chi connectivity index (χ0n) is 11.6. The van der Waals surface area contributed by atoms with Gasteiger partial charge in [-0.15, -0.1) is 0 Å². The monoisotopic (exact) mass is 286 g/mol. The van der Waals surface area contributed by atoms with E-state index in [2.05, 4.69) is 4.72 Å². The van der Waals surface area contributed by atoms with Gasteiger partial charge in [-0.3, -0.25) is 0 Å². The van der Waals surface area contributed by atoms with Gasteiger partial charge in [0.25, 0.3) is 0 Å². The zero-order valence-corrected chi connectivity index (χ0v) is 12.4. The lowest BCUT2D eigenvalue weighted by Crippen LogP contribution is -2.36. The number of anilines is 1. The molecule has 0 aliphatic carbocycles. The van der Waals surface area contributed by atoms with Crippen molar-refractivity contribution in [2.45, 2.75) is 32.1 Å². The van der Waals surface area contributed by atoms with Crippen LogP contribution in [0.25, 0.3) is 0 Å². The minimum Gasteiger partial charge on any atom is -0.398 e. The number of rotatable bonds is 6. The summed E-state index contributed by atoms with van der Waals surface area (Å²) in [6, 6.07) is 4.73. The lowest BCUT2D eigenvalue weighted by Gasteiger charge is -2.21. The first-order valence-electron chi connectivity index (χ1n) is 6.21. The molecule has 0 aliphatic rings. The first-order valence-corrected chi connectivity index (χ1v) is 7.69. The lowest BCUT2D eigenvalue weighted by molar-refractivity contribution is 0.163. The second kappa shape index (κ2) is 5.90. The van der Waals surface area contributed by atoms with Crippen molar-refractivity contribution in [2.75, 3.05) is 18.9 Å². The van der Waals surface area contributed by atoms with Crippen LogP contribution in [0, 0.1) is 5.41 Å². The van der Waals surface area contributed by atoms with Crippen molar-refractivity contribution < 1.29 is 13.5 Å². The van der Waals surface area contributed by atoms with Crippen molar-refractivity contribution in [3.8, 4) is 0 Å². The maximum Gasteiger partial charge on any atom is 0.240 e. The molecule has 0 saturated heterocycles. The Balaban J connectivity index is 2.92. The summed E-state index contributed by atoms with van der Waals surface area (Å²) < 4.78 is 26.7. The first kappa shape index (κ1) is 15.9. The van der Waals surface area contributed by atoms with Gasteiger partial charge in [0.05, 0.1) is 4.90 Å². The first-order chi connectivity index (χ1) is 8.72. The van der Waals surface area contributed by atoms with Crippen LogP contribution >= 0.6 is 0 Å². The summed E-state index contributed by atoms with van der Waals surface area (Å²) in [6.07, 6.45) is 0.761. The summed E-state index contributed by atoms with van der Waals surface area (Å²) in [4.78, 5) is 0.149. The average Bonchev–Trinajstić information content (AvgIpc) is 2.36. The summed E-state index contributed by atoms with van der Waals surface area (Å²) >= 11 is 0. The third kappa shape index (κ3) is 4.19. The van der Waals surface area contributed by atoms with E-state index in [4.69, 9.17) is 10.8 Å². The van der Waals surface area contributed by atoms with Crippen LogP contribution in [0.4, 0.5) is 5.69 Å². The van der Waals surface area contributed by atoms with E-state index in [1.807, 2.05) is 6.92 Å². The highest BCUT2D eigenvalue weighted by Crippen LogP contribution is 2.19. The van der Waals surface area contributed by atoms with Gasteiger partial charge in [-0.1, -0.05) is 26.8 Å². The van der Waals surface area contributed by atoms with Crippen molar-refractivity contribution in [3.05, 3.63) is 23.8 Å². The number of aliphatic hydroxyl groups is 1. The van der Waals surface area contributed by atoms with Gasteiger partial charge < -0.3 is 10.8 Å². The van der Waals surface area contributed by atoms with Gasteiger partial charge in [-0.05, 0) is 24.1 Å². The van der Waals surface area contributed by atoms with Gasteiger partial charge in [0.15, 0.2) is 0 Å². The molecule has 0 atom stereocenters. The molecule has 108 valence electrons. The Morgan fingerprint density at radius 1 is 1.37 bits per heavy atom. The maximum absolute atomic E-state index is 12.1. The van der Waals surface area contributed by atoms with Crippen molar-refractivity contribution in [1.29, 1.82) is 0 Å². The number of sulfonamides is 1. The molecule has 0 bridgehead atoms. The summed E-state index contributed by atoms with van der Waals surface area (Å²) in [6.45, 7) is 5.60. The molecule has 0 aromatic heterocycles. The van der Waals surface area contributed by atoms with Gasteiger partial charge >= 0.3 is 0 Å². The van der Waals surface area contributed by atoms with E-state index in [1.54, 1.807) is 26.0 Å². The Kier molecular flexibility index (Phi) is 4.95. The van der Waals surface area contributed by atoms with Crippen LogP contribution in [0.1, 0.15) is 26.3 Å². The topological polar surface area (TPSA) is 92.4 Å². The Morgan fingerprint density at radius 2 is 2.00 bits per heavy atom. The molecule has 0 aliphatic heterocycles. The predicted octanol–water partition coefficient (Wildman–Crippen LogP) is 1.13. The lowest BCUT2D eigenvalue weighted by atomic mass is 9.96. The highest BCUT2D eigenvalue weighted by Gasteiger charge is 2.22. The molecule has 0 fully saturated rings. The van der Waals surface area contributed by atoms with Gasteiger partial charge in [-0.2, -0.15) is 0 Å². The number of benzene rings is 1. The van der Waals surface area contributed by atoms with Crippen LogP contribution in [-0.2, 0) is 16.4 Å². The SMILES string of the molecule is CCc1ccc(S(=O)(=O)NCC(C)(C)CO)cc1N. The standard InChI is InChI=1S/C13H22N2O3S/c1-4-10-5-6-11(7-12(10)14)19(17,18)15-8-13(2,3)9-16/h5-7,15-16H,4,8-9,14H2,1-3H3. The molecular formula is C13H22N2O3S. The zero-order chi connectivity index (χ0) is 14.7. The normalized spacial score (nSPS) is 12.6. The minimum absolute atomic E-state index is 0.0908. The summed E-state index contributed by atoms with van der Waals surface area (Å²) in [5.41, 5.74) is 6.71. The van der Waals surface area contributed by atoms with E-state index in [1.165, 1.54) is 6.07 Å². The molecule has 1 rings (SSSR count). The van der Waals surface area contributed by atoms with Crippen LogP contribution in [0.3, 0.4) is 0 Å². The predicted molar refractivity (Wildman–Crippen MR) is 76.3 cm³/mol. The van der Waals surface area contributed by atoms with Crippen LogP contribution in [0.2, 0.25) is 0 Å². The molecule has 0 saturated carbocycles. The molecule has 6 heteroatoms. The van der Waals surface area contributed by atoms with Crippen molar-refractivity contribution in [1.82, 2.24) is 4.72 Å². The second-order valence-corrected chi connectivity index (χ2v) is 7.13. The maximum atomic E-state index is 12.1. The molecule has 1 aromatic carbocycles. The highest BCUT2D eigenvalue weighted by atomic mass is 32.2. The number of aryl methyl sites for hydroxylation is 1. The van der Waals surface area contributed by atoms with Crippen molar-refractivity contribution in [2.24, 2.45) is 5.41 Å². The molecule has 0 unspecified atom stereocenters. The van der Waals surface area contributed by atoms with Gasteiger partial charge in [0.1, 0.15) is 0 Å². The number of nitrogens with two attached hydrogens (primary N) is 1. The van der Waals surface area contributed by atoms with Crippen LogP contribution < -0.4 is 10.5 Å². The van der Waals surface area contributed by atoms with Gasteiger partial charge in [-0.25, -0.2) is 13.1 Å². The molecular weight excluding hydrogens is 264 g/mol. The third-order valence-electron chi connectivity index (χ3n) is 2.98. The Hall–Kier alpha value is -1.11. The van der Waals surface area contributed by atoms with Crippen LogP contribution in [-0.4, -0.2) is 26.7 Å². The van der Waals surface area contributed by atoms with Crippen LogP contribution in [0.5, 0.6) is 0 Å². The van der Waals surface area contributed by atoms with Crippen molar-refractivity contribution >= 4 is 15.7 Å². The Labute approximate surface area is 114 Å². The quantitative estimate of drug-likeness (QED) is 0.683. The number of nitrogen functional groups attached to an aromatic ring is 1. The molecule has 0 spiro atoms. The largest absolute Gasteiger partial charge is 0.398 e. The Bertz CT molecular complexity index is 539. The smallest absolute Gasteiger partial charge is 0.240 e. The summed E-state index contributed by atoms with van der Waals surface area (Å²) in [7, 11) is -3.59. The van der Waals surface area contributed by atoms with E-state index < -0.39 is 15.4 Å². The number of nitrogens with one attached hydrogen (secondary N) is 1. The molecule has 0 radical (unpaired) electrons. The molecule has 0 amide bonds.